The zero-order chi connectivity index (χ0) is 25.2. The van der Waals surface area contributed by atoms with Crippen LogP contribution < -0.4 is 5.32 Å². The Bertz CT molecular complexity index is 1190. The highest BCUT2D eigenvalue weighted by Gasteiger charge is 2.35. The molecule has 12 heteroatoms. The maximum Gasteiger partial charge on any atom is 0.433 e. The normalized spacial score (nSPS) is 15.8. The first-order valence-electron chi connectivity index (χ1n) is 11.0. The van der Waals surface area contributed by atoms with Gasteiger partial charge in [0.15, 0.2) is 0 Å². The molecule has 2 aromatic heterocycles. The van der Waals surface area contributed by atoms with E-state index in [1.165, 1.54) is 24.5 Å². The van der Waals surface area contributed by atoms with E-state index >= 15 is 0 Å². The number of rotatable bonds is 6. The number of alkyl halides is 3. The Morgan fingerprint density at radius 3 is 2.51 bits per heavy atom. The van der Waals surface area contributed by atoms with Crippen LogP contribution in [0.5, 0.6) is 0 Å². The highest BCUT2D eigenvalue weighted by molar-refractivity contribution is 7.15. The van der Waals surface area contributed by atoms with Crippen molar-refractivity contribution in [2.75, 3.05) is 38.0 Å². The maximum absolute atomic E-state index is 13.8. The molecule has 0 saturated carbocycles. The van der Waals surface area contributed by atoms with Gasteiger partial charge in [-0.05, 0) is 49.8 Å². The summed E-state index contributed by atoms with van der Waals surface area (Å²) in [4.78, 5) is 18.2. The van der Waals surface area contributed by atoms with Crippen molar-refractivity contribution < 1.29 is 26.7 Å². The summed E-state index contributed by atoms with van der Waals surface area (Å²) in [5.74, 6) is -1.91. The molecule has 0 atom stereocenters. The van der Waals surface area contributed by atoms with Crippen LogP contribution in [0.2, 0.25) is 0 Å². The van der Waals surface area contributed by atoms with Crippen molar-refractivity contribution in [3.63, 3.8) is 0 Å². The van der Waals surface area contributed by atoms with Gasteiger partial charge in [-0.3, -0.25) is 19.3 Å². The van der Waals surface area contributed by atoms with Crippen LogP contribution in [0.15, 0.2) is 36.4 Å². The van der Waals surface area contributed by atoms with E-state index in [0.29, 0.717) is 36.8 Å². The van der Waals surface area contributed by atoms with Crippen LogP contribution in [0.1, 0.15) is 17.0 Å². The summed E-state index contributed by atoms with van der Waals surface area (Å²) < 4.78 is 66.8. The van der Waals surface area contributed by atoms with Gasteiger partial charge in [-0.1, -0.05) is 0 Å². The second-order valence-corrected chi connectivity index (χ2v) is 9.55. The Labute approximate surface area is 202 Å². The third-order valence-corrected chi connectivity index (χ3v) is 6.81. The summed E-state index contributed by atoms with van der Waals surface area (Å²) >= 11 is 1.41. The molecule has 3 aromatic rings. The lowest BCUT2D eigenvalue weighted by molar-refractivity contribution is -0.143. The van der Waals surface area contributed by atoms with E-state index in [0.717, 1.165) is 40.7 Å². The van der Waals surface area contributed by atoms with Crippen molar-refractivity contribution in [2.24, 2.45) is 7.05 Å². The molecule has 0 unspecified atom stereocenters. The van der Waals surface area contributed by atoms with Gasteiger partial charge in [0.25, 0.3) is 0 Å². The van der Waals surface area contributed by atoms with Gasteiger partial charge in [0.1, 0.15) is 23.0 Å². The highest BCUT2D eigenvalue weighted by Crippen LogP contribution is 2.34. The lowest BCUT2D eigenvalue weighted by Crippen LogP contribution is -2.36. The van der Waals surface area contributed by atoms with Crippen molar-refractivity contribution in [1.82, 2.24) is 19.6 Å². The van der Waals surface area contributed by atoms with Crippen LogP contribution in [-0.2, 0) is 24.6 Å². The second kappa shape index (κ2) is 10.4. The van der Waals surface area contributed by atoms with Crippen LogP contribution in [0.25, 0.3) is 10.6 Å². The van der Waals surface area contributed by atoms with Crippen LogP contribution in [0.4, 0.5) is 27.6 Å². The molecule has 1 aliphatic rings. The fraction of sp³-hybridized carbons (Fsp3) is 0.391. The smallest absolute Gasteiger partial charge is 0.322 e. The van der Waals surface area contributed by atoms with Gasteiger partial charge < -0.3 is 5.32 Å². The quantitative estimate of drug-likeness (QED) is 0.490. The van der Waals surface area contributed by atoms with Gasteiger partial charge >= 0.3 is 6.18 Å². The molecule has 1 aromatic carbocycles. The monoisotopic (exact) mass is 513 g/mol. The standard InChI is InChI=1S/C23H24F5N5OS/c1-31-21(23(26,27)28)12-19(30-31)20-6-4-16(35-20)13-32-7-2-8-33(10-9-32)14-22(34)29-18-5-3-15(24)11-17(18)25/h3-6,11-12H,2,7-10,13-14H2,1H3,(H,29,34). The summed E-state index contributed by atoms with van der Waals surface area (Å²) in [5, 5.41) is 6.48. The van der Waals surface area contributed by atoms with Crippen LogP contribution in [0.3, 0.4) is 0 Å². The first-order chi connectivity index (χ1) is 16.6. The molecule has 1 N–H and O–H groups in total. The fourth-order valence-corrected chi connectivity index (χ4v) is 5.00. The average molecular weight is 514 g/mol. The summed E-state index contributed by atoms with van der Waals surface area (Å²) in [6.07, 6.45) is -3.63. The van der Waals surface area contributed by atoms with E-state index in [-0.39, 0.29) is 18.1 Å². The minimum Gasteiger partial charge on any atom is -0.322 e. The zero-order valence-corrected chi connectivity index (χ0v) is 19.7. The Morgan fingerprint density at radius 2 is 1.80 bits per heavy atom. The summed E-state index contributed by atoms with van der Waals surface area (Å²) in [6.45, 7) is 3.57. The number of carbonyl (C=O) groups is 1. The molecule has 3 heterocycles. The van der Waals surface area contributed by atoms with E-state index in [2.05, 4.69) is 15.3 Å². The predicted molar refractivity (Wildman–Crippen MR) is 123 cm³/mol. The van der Waals surface area contributed by atoms with Crippen molar-refractivity contribution >= 4 is 22.9 Å². The zero-order valence-electron chi connectivity index (χ0n) is 18.9. The number of amides is 1. The minimum absolute atomic E-state index is 0.0587. The third kappa shape index (κ3) is 6.44. The molecular weight excluding hydrogens is 489 g/mol. The Hall–Kier alpha value is -2.83. The number of anilines is 1. The molecule has 1 aliphatic heterocycles. The summed E-state index contributed by atoms with van der Waals surface area (Å²) in [5.41, 5.74) is -0.556. The lowest BCUT2D eigenvalue weighted by atomic mass is 10.3. The molecule has 4 rings (SSSR count). The van der Waals surface area contributed by atoms with Crippen LogP contribution in [-0.4, -0.2) is 58.2 Å². The number of aryl methyl sites for hydroxylation is 1. The van der Waals surface area contributed by atoms with Crippen LogP contribution >= 0.6 is 11.3 Å². The molecule has 6 nitrogen and oxygen atoms in total. The minimum atomic E-state index is -4.46. The van der Waals surface area contributed by atoms with Crippen molar-refractivity contribution in [3.8, 4) is 10.6 Å². The predicted octanol–water partition coefficient (Wildman–Crippen LogP) is 4.59. The molecule has 1 fully saturated rings. The Morgan fingerprint density at radius 1 is 1.06 bits per heavy atom. The van der Waals surface area contributed by atoms with E-state index < -0.39 is 23.5 Å². The Kier molecular flexibility index (Phi) is 7.53. The van der Waals surface area contributed by atoms with E-state index in [9.17, 15) is 26.7 Å². The lowest BCUT2D eigenvalue weighted by Gasteiger charge is -2.21. The number of benzene rings is 1. The number of nitrogens with zero attached hydrogens (tertiary/aromatic N) is 4. The van der Waals surface area contributed by atoms with Crippen molar-refractivity contribution in [2.45, 2.75) is 19.1 Å². The average Bonchev–Trinajstić information content (AvgIpc) is 3.33. The van der Waals surface area contributed by atoms with E-state index in [1.54, 1.807) is 6.07 Å². The number of aromatic nitrogens is 2. The highest BCUT2D eigenvalue weighted by atomic mass is 32.1. The Balaban J connectivity index is 1.30. The molecule has 0 aliphatic carbocycles. The van der Waals surface area contributed by atoms with Crippen molar-refractivity contribution in [3.05, 3.63) is 58.6 Å². The molecule has 188 valence electrons. The number of hydrogen-bond donors (Lipinski definition) is 1. The summed E-state index contributed by atoms with van der Waals surface area (Å²) in [6, 6.07) is 7.74. The van der Waals surface area contributed by atoms with Gasteiger partial charge in [-0.25, -0.2) is 8.78 Å². The maximum atomic E-state index is 13.8. The molecule has 1 saturated heterocycles. The summed E-state index contributed by atoms with van der Waals surface area (Å²) in [7, 11) is 1.28. The molecule has 0 bridgehead atoms. The molecule has 1 amide bonds. The topological polar surface area (TPSA) is 53.4 Å². The molecule has 0 spiro atoms. The number of nitrogens with one attached hydrogen (secondary N) is 1. The van der Waals surface area contributed by atoms with Gasteiger partial charge in [0.2, 0.25) is 5.91 Å². The molecule has 35 heavy (non-hydrogen) atoms. The molecule has 0 radical (unpaired) electrons. The van der Waals surface area contributed by atoms with E-state index in [4.69, 9.17) is 0 Å². The van der Waals surface area contributed by atoms with Crippen LogP contribution in [0, 0.1) is 11.6 Å². The third-order valence-electron chi connectivity index (χ3n) is 5.72. The number of hydrogen-bond acceptors (Lipinski definition) is 5. The number of thiophene rings is 1. The largest absolute Gasteiger partial charge is 0.433 e. The fourth-order valence-electron chi connectivity index (χ4n) is 4.00. The SMILES string of the molecule is Cn1nc(-c2ccc(CN3CCCN(CC(=O)Nc4ccc(F)cc4F)CC3)s2)cc1C(F)(F)F. The number of carbonyl (C=O) groups excluding carboxylic acids is 1. The second-order valence-electron chi connectivity index (χ2n) is 8.38. The van der Waals surface area contributed by atoms with Gasteiger partial charge in [0.05, 0.1) is 17.1 Å². The first kappa shape index (κ1) is 25.3. The molecular formula is C23H24F5N5OS. The van der Waals surface area contributed by atoms with Crippen molar-refractivity contribution in [1.29, 1.82) is 0 Å². The van der Waals surface area contributed by atoms with E-state index in [1.807, 2.05) is 11.0 Å². The van der Waals surface area contributed by atoms with Gasteiger partial charge in [0, 0.05) is 37.6 Å². The van der Waals surface area contributed by atoms with Gasteiger partial charge in [-0.15, -0.1) is 11.3 Å². The number of halogens is 5. The van der Waals surface area contributed by atoms with Gasteiger partial charge in [-0.2, -0.15) is 18.3 Å². The first-order valence-corrected chi connectivity index (χ1v) is 11.8.